The molecule has 0 atom stereocenters. The van der Waals surface area contributed by atoms with E-state index in [0.29, 0.717) is 28.3 Å². The number of nitrogens with two attached hydrogens (primary N) is 1. The van der Waals surface area contributed by atoms with Gasteiger partial charge in [0.15, 0.2) is 11.6 Å². The molecular formula is C21H20FN7O2. The highest BCUT2D eigenvalue weighted by Gasteiger charge is 2.18. The molecule has 0 aliphatic carbocycles. The van der Waals surface area contributed by atoms with Crippen LogP contribution in [-0.2, 0) is 11.3 Å². The van der Waals surface area contributed by atoms with Crippen molar-refractivity contribution in [2.75, 3.05) is 11.1 Å². The van der Waals surface area contributed by atoms with E-state index in [4.69, 9.17) is 10.3 Å². The number of aromatic nitrogens is 5. The molecule has 158 valence electrons. The summed E-state index contributed by atoms with van der Waals surface area (Å²) in [5, 5.41) is 11.2. The van der Waals surface area contributed by atoms with E-state index in [2.05, 4.69) is 25.5 Å². The van der Waals surface area contributed by atoms with Crippen LogP contribution in [0.25, 0.3) is 22.9 Å². The number of hydrogen-bond donors (Lipinski definition) is 2. The Kier molecular flexibility index (Phi) is 5.44. The molecule has 0 unspecified atom stereocenters. The lowest BCUT2D eigenvalue weighted by molar-refractivity contribution is -0.118. The van der Waals surface area contributed by atoms with Crippen molar-refractivity contribution < 1.29 is 13.7 Å². The van der Waals surface area contributed by atoms with Crippen molar-refractivity contribution in [1.82, 2.24) is 24.9 Å². The topological polar surface area (TPSA) is 125 Å². The van der Waals surface area contributed by atoms with Gasteiger partial charge >= 0.3 is 0 Å². The van der Waals surface area contributed by atoms with Gasteiger partial charge in [-0.25, -0.2) is 14.4 Å². The van der Waals surface area contributed by atoms with Gasteiger partial charge in [0.25, 0.3) is 0 Å². The molecule has 1 amide bonds. The van der Waals surface area contributed by atoms with Crippen molar-refractivity contribution >= 4 is 17.4 Å². The molecule has 4 aromatic rings. The van der Waals surface area contributed by atoms with Crippen molar-refractivity contribution in [3.05, 3.63) is 60.2 Å². The Labute approximate surface area is 177 Å². The highest BCUT2D eigenvalue weighted by Crippen LogP contribution is 2.26. The van der Waals surface area contributed by atoms with Crippen LogP contribution in [0.4, 0.5) is 15.9 Å². The number of amides is 1. The second-order valence-electron chi connectivity index (χ2n) is 7.19. The Balaban J connectivity index is 1.70. The number of halogens is 1. The first-order chi connectivity index (χ1) is 14.9. The number of hydrogen-bond acceptors (Lipinski definition) is 7. The number of benzene rings is 1. The van der Waals surface area contributed by atoms with Gasteiger partial charge in [-0.05, 0) is 12.1 Å². The minimum atomic E-state index is -0.337. The summed E-state index contributed by atoms with van der Waals surface area (Å²) < 4.78 is 20.7. The van der Waals surface area contributed by atoms with E-state index in [1.807, 2.05) is 0 Å². The molecule has 0 spiro atoms. The number of carbonyl (C=O) groups excluding carboxylic acids is 1. The third-order valence-electron chi connectivity index (χ3n) is 4.59. The van der Waals surface area contributed by atoms with Gasteiger partial charge in [-0.2, -0.15) is 5.10 Å². The van der Waals surface area contributed by atoms with Crippen molar-refractivity contribution in [1.29, 1.82) is 0 Å². The van der Waals surface area contributed by atoms with Crippen LogP contribution in [0.1, 0.15) is 19.4 Å². The van der Waals surface area contributed by atoms with E-state index in [9.17, 15) is 9.18 Å². The standard InChI is InChI=1S/C21H20FN7O2/c1-12(2)21(30)25-17-10-24-20(26-19(17)23)16-9-18(15-7-8-31-28-15)29(27-16)11-13-5-3-4-6-14(13)22/h3-10,12H,11H2,1-2H3,(H,25,30)(H2,23,24,26). The minimum Gasteiger partial charge on any atom is -0.382 e. The normalized spacial score (nSPS) is 11.1. The number of carbonyl (C=O) groups is 1. The van der Waals surface area contributed by atoms with E-state index < -0.39 is 0 Å². The first-order valence-electron chi connectivity index (χ1n) is 9.58. The van der Waals surface area contributed by atoms with Crippen molar-refractivity contribution in [3.63, 3.8) is 0 Å². The van der Waals surface area contributed by atoms with E-state index in [1.165, 1.54) is 18.5 Å². The smallest absolute Gasteiger partial charge is 0.227 e. The first-order valence-corrected chi connectivity index (χ1v) is 9.58. The summed E-state index contributed by atoms with van der Waals surface area (Å²) in [6.45, 7) is 3.72. The maximum absolute atomic E-state index is 14.2. The number of rotatable bonds is 6. The lowest BCUT2D eigenvalue weighted by Crippen LogP contribution is -2.19. The van der Waals surface area contributed by atoms with Gasteiger partial charge < -0.3 is 15.6 Å². The molecular weight excluding hydrogens is 401 g/mol. The average Bonchev–Trinajstić information content (AvgIpc) is 3.41. The van der Waals surface area contributed by atoms with E-state index in [0.717, 1.165) is 0 Å². The number of nitrogens with zero attached hydrogens (tertiary/aromatic N) is 5. The zero-order valence-corrected chi connectivity index (χ0v) is 16.9. The fourth-order valence-electron chi connectivity index (χ4n) is 2.88. The molecule has 3 heterocycles. The maximum Gasteiger partial charge on any atom is 0.227 e. The molecule has 9 nitrogen and oxygen atoms in total. The van der Waals surface area contributed by atoms with Gasteiger partial charge in [0.05, 0.1) is 18.4 Å². The van der Waals surface area contributed by atoms with Crippen LogP contribution >= 0.6 is 0 Å². The van der Waals surface area contributed by atoms with Gasteiger partial charge in [0.2, 0.25) is 5.91 Å². The Morgan fingerprint density at radius 3 is 2.74 bits per heavy atom. The summed E-state index contributed by atoms with van der Waals surface area (Å²) >= 11 is 0. The van der Waals surface area contributed by atoms with Crippen molar-refractivity contribution in [2.24, 2.45) is 5.92 Å². The molecule has 0 fully saturated rings. The van der Waals surface area contributed by atoms with Crippen molar-refractivity contribution in [3.8, 4) is 22.9 Å². The predicted octanol–water partition coefficient (Wildman–Crippen LogP) is 3.36. The average molecular weight is 421 g/mol. The largest absolute Gasteiger partial charge is 0.382 e. The highest BCUT2D eigenvalue weighted by atomic mass is 19.1. The number of nitrogen functional groups attached to an aromatic ring is 1. The Morgan fingerprint density at radius 2 is 2.06 bits per heavy atom. The molecule has 0 aliphatic heterocycles. The summed E-state index contributed by atoms with van der Waals surface area (Å²) in [7, 11) is 0. The first kappa shape index (κ1) is 20.2. The summed E-state index contributed by atoms with van der Waals surface area (Å²) in [5.41, 5.74) is 8.36. The minimum absolute atomic E-state index is 0.116. The number of anilines is 2. The molecule has 3 aromatic heterocycles. The van der Waals surface area contributed by atoms with Crippen LogP contribution < -0.4 is 11.1 Å². The monoisotopic (exact) mass is 421 g/mol. The Morgan fingerprint density at radius 1 is 1.26 bits per heavy atom. The van der Waals surface area contributed by atoms with Crippen LogP contribution in [0.15, 0.2) is 53.4 Å². The maximum atomic E-state index is 14.2. The third kappa shape index (κ3) is 4.27. The SMILES string of the molecule is CC(C)C(=O)Nc1cnc(-c2cc(-c3ccon3)n(Cc3ccccc3F)n2)nc1N. The molecule has 4 rings (SSSR count). The second-order valence-corrected chi connectivity index (χ2v) is 7.19. The van der Waals surface area contributed by atoms with E-state index in [-0.39, 0.29) is 35.8 Å². The van der Waals surface area contributed by atoms with E-state index in [1.54, 1.807) is 48.9 Å². The third-order valence-corrected chi connectivity index (χ3v) is 4.59. The number of nitrogens with one attached hydrogen (secondary N) is 1. The summed E-state index contributed by atoms with van der Waals surface area (Å²) in [4.78, 5) is 20.5. The zero-order valence-electron chi connectivity index (χ0n) is 16.9. The molecule has 0 saturated heterocycles. The fourth-order valence-corrected chi connectivity index (χ4v) is 2.88. The van der Waals surface area contributed by atoms with Gasteiger partial charge in [0, 0.05) is 17.5 Å². The van der Waals surface area contributed by atoms with Crippen LogP contribution in [0.5, 0.6) is 0 Å². The molecule has 0 saturated carbocycles. The zero-order chi connectivity index (χ0) is 22.0. The van der Waals surface area contributed by atoms with Crippen LogP contribution in [0.3, 0.4) is 0 Å². The molecule has 10 heteroatoms. The summed E-state index contributed by atoms with van der Waals surface area (Å²) in [6, 6.07) is 9.86. The van der Waals surface area contributed by atoms with E-state index >= 15 is 0 Å². The highest BCUT2D eigenvalue weighted by molar-refractivity contribution is 5.94. The summed E-state index contributed by atoms with van der Waals surface area (Å²) in [6.07, 6.45) is 2.87. The van der Waals surface area contributed by atoms with Crippen molar-refractivity contribution in [2.45, 2.75) is 20.4 Å². The Hall–Kier alpha value is -4.08. The van der Waals surface area contributed by atoms with Crippen LogP contribution in [0.2, 0.25) is 0 Å². The lowest BCUT2D eigenvalue weighted by atomic mass is 10.2. The van der Waals surface area contributed by atoms with Gasteiger partial charge in [-0.15, -0.1) is 0 Å². The van der Waals surface area contributed by atoms with Crippen LogP contribution in [-0.4, -0.2) is 30.8 Å². The molecule has 3 N–H and O–H groups in total. The quantitative estimate of drug-likeness (QED) is 0.489. The van der Waals surface area contributed by atoms with Gasteiger partial charge in [-0.3, -0.25) is 9.48 Å². The predicted molar refractivity (Wildman–Crippen MR) is 112 cm³/mol. The van der Waals surface area contributed by atoms with Gasteiger partial charge in [-0.1, -0.05) is 37.2 Å². The molecule has 0 bridgehead atoms. The Bertz CT molecular complexity index is 1220. The molecule has 1 aromatic carbocycles. The fraction of sp³-hybridized carbons (Fsp3) is 0.190. The molecule has 0 aliphatic rings. The van der Waals surface area contributed by atoms with Gasteiger partial charge in [0.1, 0.15) is 29.2 Å². The summed E-state index contributed by atoms with van der Waals surface area (Å²) in [5.74, 6) is -0.359. The second kappa shape index (κ2) is 8.34. The van der Waals surface area contributed by atoms with Crippen LogP contribution in [0, 0.1) is 11.7 Å². The molecule has 31 heavy (non-hydrogen) atoms. The molecule has 0 radical (unpaired) electrons. The lowest BCUT2D eigenvalue weighted by Gasteiger charge is -2.09.